The van der Waals surface area contributed by atoms with Gasteiger partial charge in [-0.15, -0.1) is 0 Å². The highest BCUT2D eigenvalue weighted by atomic mass is 16.5. The Labute approximate surface area is 162 Å². The number of hydrazone groups is 1. The van der Waals surface area contributed by atoms with E-state index in [0.29, 0.717) is 24.5 Å². The van der Waals surface area contributed by atoms with Crippen LogP contribution >= 0.6 is 0 Å². The van der Waals surface area contributed by atoms with Crippen LogP contribution in [0.25, 0.3) is 0 Å². The molecule has 7 heteroatoms. The molecule has 0 saturated heterocycles. The van der Waals surface area contributed by atoms with Gasteiger partial charge in [0.25, 0.3) is 5.91 Å². The van der Waals surface area contributed by atoms with Gasteiger partial charge < -0.3 is 18.9 Å². The lowest BCUT2D eigenvalue weighted by atomic mass is 10.1. The predicted octanol–water partition coefficient (Wildman–Crippen LogP) is 4.06. The fraction of sp³-hybridized carbons (Fsp3) is 0.238. The van der Waals surface area contributed by atoms with Crippen molar-refractivity contribution in [2.75, 3.05) is 18.5 Å². The number of amides is 1. The number of nitrogens with zero attached hydrogens (tertiary/aromatic N) is 2. The number of benzene rings is 1. The van der Waals surface area contributed by atoms with Gasteiger partial charge in [0.2, 0.25) is 0 Å². The van der Waals surface area contributed by atoms with Crippen molar-refractivity contribution in [1.29, 1.82) is 0 Å². The smallest absolute Gasteiger partial charge is 0.262 e. The van der Waals surface area contributed by atoms with E-state index in [4.69, 9.17) is 13.6 Å². The van der Waals surface area contributed by atoms with Crippen molar-refractivity contribution in [3.63, 3.8) is 0 Å². The van der Waals surface area contributed by atoms with Gasteiger partial charge >= 0.3 is 0 Å². The van der Waals surface area contributed by atoms with E-state index in [-0.39, 0.29) is 18.5 Å². The van der Waals surface area contributed by atoms with Crippen molar-refractivity contribution in [2.24, 2.45) is 5.10 Å². The molecule has 1 N–H and O–H groups in total. The highest BCUT2D eigenvalue weighted by Crippen LogP contribution is 2.33. The average molecular weight is 379 g/mol. The lowest BCUT2D eigenvalue weighted by Crippen LogP contribution is -2.32. The van der Waals surface area contributed by atoms with E-state index >= 15 is 0 Å². The highest BCUT2D eigenvalue weighted by molar-refractivity contribution is 6.01. The zero-order valence-electron chi connectivity index (χ0n) is 15.5. The molecule has 4 rings (SSSR count). The van der Waals surface area contributed by atoms with Gasteiger partial charge in [-0.2, -0.15) is 5.10 Å². The summed E-state index contributed by atoms with van der Waals surface area (Å²) in [5, 5.41) is 9.11. The first-order chi connectivity index (χ1) is 13.7. The number of hydrogen-bond donors (Lipinski definition) is 1. The van der Waals surface area contributed by atoms with Crippen molar-refractivity contribution in [3.8, 4) is 5.75 Å². The quantitative estimate of drug-likeness (QED) is 0.670. The predicted molar refractivity (Wildman–Crippen MR) is 104 cm³/mol. The third kappa shape index (κ3) is 3.78. The monoisotopic (exact) mass is 379 g/mol. The molecule has 0 spiro atoms. The summed E-state index contributed by atoms with van der Waals surface area (Å²) in [6.45, 7) is 2.67. The van der Waals surface area contributed by atoms with Crippen molar-refractivity contribution < 1.29 is 18.4 Å². The Kier molecular flexibility index (Phi) is 5.14. The standard InChI is InChI=1S/C21H21N3O4/c1-2-26-16-9-7-15(8-10-16)22-14-21(25)24-18(20-6-4-12-28-20)13-17(23-24)19-5-3-11-27-19/h3-12,18,22H,2,13-14H2,1H3. The molecule has 1 unspecified atom stereocenters. The molecule has 7 nitrogen and oxygen atoms in total. The van der Waals surface area contributed by atoms with Crippen molar-refractivity contribution in [1.82, 2.24) is 5.01 Å². The van der Waals surface area contributed by atoms with Crippen molar-refractivity contribution in [3.05, 3.63) is 72.6 Å². The number of nitrogens with one attached hydrogen (secondary N) is 1. The molecule has 1 aliphatic heterocycles. The van der Waals surface area contributed by atoms with E-state index in [1.807, 2.05) is 43.3 Å². The van der Waals surface area contributed by atoms with Gasteiger partial charge in [0.15, 0.2) is 0 Å². The Morgan fingerprint density at radius 1 is 1.18 bits per heavy atom. The minimum atomic E-state index is -0.287. The summed E-state index contributed by atoms with van der Waals surface area (Å²) in [5.74, 6) is 1.99. The summed E-state index contributed by atoms with van der Waals surface area (Å²) in [5.41, 5.74) is 1.56. The second kappa shape index (κ2) is 8.04. The number of ether oxygens (including phenoxy) is 1. The maximum Gasteiger partial charge on any atom is 0.262 e. The van der Waals surface area contributed by atoms with Gasteiger partial charge in [0.1, 0.15) is 29.0 Å². The van der Waals surface area contributed by atoms with Crippen LogP contribution in [0.15, 0.2) is 75.0 Å². The molecular weight excluding hydrogens is 358 g/mol. The second-order valence-corrected chi connectivity index (χ2v) is 6.31. The third-order valence-corrected chi connectivity index (χ3v) is 4.45. The first-order valence-electron chi connectivity index (χ1n) is 9.18. The number of anilines is 1. The molecule has 0 fully saturated rings. The molecule has 0 aliphatic carbocycles. The minimum absolute atomic E-state index is 0.111. The minimum Gasteiger partial charge on any atom is -0.494 e. The molecule has 0 bridgehead atoms. The highest BCUT2D eigenvalue weighted by Gasteiger charge is 2.35. The van der Waals surface area contributed by atoms with Crippen molar-refractivity contribution >= 4 is 17.3 Å². The van der Waals surface area contributed by atoms with Crippen LogP contribution in [-0.2, 0) is 4.79 Å². The second-order valence-electron chi connectivity index (χ2n) is 6.31. The van der Waals surface area contributed by atoms with E-state index in [0.717, 1.165) is 17.1 Å². The molecule has 0 saturated carbocycles. The van der Waals surface area contributed by atoms with E-state index in [2.05, 4.69) is 10.4 Å². The van der Waals surface area contributed by atoms with Crippen LogP contribution < -0.4 is 10.1 Å². The molecule has 2 aromatic heterocycles. The number of hydrogen-bond acceptors (Lipinski definition) is 6. The molecule has 144 valence electrons. The van der Waals surface area contributed by atoms with Crippen LogP contribution in [0.5, 0.6) is 5.75 Å². The van der Waals surface area contributed by atoms with Crippen molar-refractivity contribution in [2.45, 2.75) is 19.4 Å². The van der Waals surface area contributed by atoms with Crippen LogP contribution in [0.3, 0.4) is 0 Å². The fourth-order valence-corrected chi connectivity index (χ4v) is 3.13. The van der Waals surface area contributed by atoms with E-state index in [1.165, 1.54) is 5.01 Å². The van der Waals surface area contributed by atoms with Crippen LogP contribution in [0.4, 0.5) is 5.69 Å². The normalized spacial score (nSPS) is 16.1. The molecule has 3 aromatic rings. The molecule has 1 aliphatic rings. The van der Waals surface area contributed by atoms with Gasteiger partial charge in [-0.05, 0) is 55.5 Å². The Morgan fingerprint density at radius 3 is 2.64 bits per heavy atom. The zero-order valence-corrected chi connectivity index (χ0v) is 15.5. The molecule has 1 aromatic carbocycles. The van der Waals surface area contributed by atoms with Gasteiger partial charge in [-0.3, -0.25) is 4.79 Å². The van der Waals surface area contributed by atoms with Gasteiger partial charge in [-0.25, -0.2) is 5.01 Å². The molecule has 0 radical (unpaired) electrons. The SMILES string of the molecule is CCOc1ccc(NCC(=O)N2N=C(c3ccco3)CC2c2ccco2)cc1. The number of carbonyl (C=O) groups is 1. The van der Waals surface area contributed by atoms with E-state index in [9.17, 15) is 4.79 Å². The Hall–Kier alpha value is -3.48. The Balaban J connectivity index is 1.47. The van der Waals surface area contributed by atoms with Gasteiger partial charge in [0.05, 0.1) is 25.7 Å². The summed E-state index contributed by atoms with van der Waals surface area (Å²) in [7, 11) is 0. The molecular formula is C21H21N3O4. The maximum absolute atomic E-state index is 12.9. The first kappa shape index (κ1) is 17.9. The van der Waals surface area contributed by atoms with Crippen LogP contribution in [0, 0.1) is 0 Å². The summed E-state index contributed by atoms with van der Waals surface area (Å²) < 4.78 is 16.4. The summed E-state index contributed by atoms with van der Waals surface area (Å²) in [6, 6.07) is 14.5. The van der Waals surface area contributed by atoms with Gasteiger partial charge in [-0.1, -0.05) is 0 Å². The van der Waals surface area contributed by atoms with E-state index in [1.54, 1.807) is 24.7 Å². The maximum atomic E-state index is 12.9. The fourth-order valence-electron chi connectivity index (χ4n) is 3.13. The lowest BCUT2D eigenvalue weighted by Gasteiger charge is -2.20. The molecule has 28 heavy (non-hydrogen) atoms. The van der Waals surface area contributed by atoms with Crippen LogP contribution in [0.2, 0.25) is 0 Å². The van der Waals surface area contributed by atoms with E-state index < -0.39 is 0 Å². The molecule has 1 atom stereocenters. The number of carbonyl (C=O) groups excluding carboxylic acids is 1. The first-order valence-corrected chi connectivity index (χ1v) is 9.18. The Morgan fingerprint density at radius 2 is 1.96 bits per heavy atom. The van der Waals surface area contributed by atoms with Crippen LogP contribution in [0.1, 0.15) is 30.9 Å². The molecule has 1 amide bonds. The number of furan rings is 2. The summed E-state index contributed by atoms with van der Waals surface area (Å²) in [6.07, 6.45) is 3.73. The number of rotatable bonds is 7. The largest absolute Gasteiger partial charge is 0.494 e. The summed E-state index contributed by atoms with van der Waals surface area (Å²) in [4.78, 5) is 12.9. The average Bonchev–Trinajstić information content (AvgIpc) is 3.48. The topological polar surface area (TPSA) is 80.2 Å². The Bertz CT molecular complexity index is 931. The van der Waals surface area contributed by atoms with Gasteiger partial charge in [0, 0.05) is 12.1 Å². The summed E-state index contributed by atoms with van der Waals surface area (Å²) >= 11 is 0. The zero-order chi connectivity index (χ0) is 19.3. The third-order valence-electron chi connectivity index (χ3n) is 4.45. The van der Waals surface area contributed by atoms with Crippen LogP contribution in [-0.4, -0.2) is 29.8 Å². The molecule has 3 heterocycles. The lowest BCUT2D eigenvalue weighted by molar-refractivity contribution is -0.131.